The summed E-state index contributed by atoms with van der Waals surface area (Å²) < 4.78 is 0.948. The Morgan fingerprint density at radius 1 is 1.23 bits per heavy atom. The molecular weight excluding hydrogens is 388 g/mol. The number of carbonyl (C=O) groups is 2. The van der Waals surface area contributed by atoms with Gasteiger partial charge in [-0.3, -0.25) is 14.6 Å². The second-order valence-corrected chi connectivity index (χ2v) is 8.34. The van der Waals surface area contributed by atoms with E-state index >= 15 is 0 Å². The normalized spacial score (nSPS) is 13.4. The second kappa shape index (κ2) is 8.75. The van der Waals surface area contributed by atoms with Crippen LogP contribution in [0, 0.1) is 0 Å². The van der Waals surface area contributed by atoms with E-state index in [0.717, 1.165) is 16.7 Å². The zero-order valence-corrected chi connectivity index (χ0v) is 16.5. The van der Waals surface area contributed by atoms with Crippen molar-refractivity contribution in [1.29, 1.82) is 0 Å². The molecule has 2 aromatic rings. The monoisotopic (exact) mass is 404 g/mol. The Morgan fingerprint density at radius 3 is 2.69 bits per heavy atom. The molecule has 0 saturated carbocycles. The van der Waals surface area contributed by atoms with E-state index in [-0.39, 0.29) is 17.4 Å². The first-order chi connectivity index (χ1) is 12.6. The van der Waals surface area contributed by atoms with Gasteiger partial charge in [0, 0.05) is 29.0 Å². The first-order valence-corrected chi connectivity index (χ1v) is 10.4. The van der Waals surface area contributed by atoms with Gasteiger partial charge in [-0.2, -0.15) is 0 Å². The highest BCUT2D eigenvalue weighted by Crippen LogP contribution is 2.28. The van der Waals surface area contributed by atoms with Gasteiger partial charge in [0.2, 0.25) is 5.91 Å². The van der Waals surface area contributed by atoms with Crippen LogP contribution in [0.1, 0.15) is 15.9 Å². The van der Waals surface area contributed by atoms with Crippen molar-refractivity contribution >= 4 is 56.9 Å². The maximum atomic E-state index is 12.9. The molecule has 2 aromatic carbocycles. The van der Waals surface area contributed by atoms with Gasteiger partial charge < -0.3 is 4.90 Å². The number of nitrogens with zero attached hydrogens (tertiary/aromatic N) is 2. The highest BCUT2D eigenvalue weighted by atomic mass is 35.5. The Hall–Kier alpha value is -1.76. The molecule has 134 valence electrons. The van der Waals surface area contributed by atoms with Crippen LogP contribution in [0.15, 0.2) is 53.5 Å². The van der Waals surface area contributed by atoms with Crippen LogP contribution in [0.3, 0.4) is 0 Å². The lowest BCUT2D eigenvalue weighted by Gasteiger charge is -2.20. The Bertz CT molecular complexity index is 856. The third-order valence-corrected chi connectivity index (χ3v) is 6.32. The SMILES string of the molecule is CN(C(=O)CSC1=NCCS1)c1ccc(Cl)cc1C(=O)c1ccccc1. The minimum Gasteiger partial charge on any atom is -0.314 e. The molecule has 3 rings (SSSR count). The van der Waals surface area contributed by atoms with Crippen LogP contribution in [0.4, 0.5) is 5.69 Å². The molecular formula is C19H17ClN2O2S2. The fraction of sp³-hybridized carbons (Fsp3) is 0.211. The maximum Gasteiger partial charge on any atom is 0.237 e. The van der Waals surface area contributed by atoms with Gasteiger partial charge in [0.15, 0.2) is 5.78 Å². The molecule has 0 unspecified atom stereocenters. The summed E-state index contributed by atoms with van der Waals surface area (Å²) in [5, 5.41) is 0.458. The Morgan fingerprint density at radius 2 is 2.00 bits per heavy atom. The number of hydrogen-bond acceptors (Lipinski definition) is 5. The van der Waals surface area contributed by atoms with E-state index < -0.39 is 0 Å². The lowest BCUT2D eigenvalue weighted by molar-refractivity contribution is -0.115. The van der Waals surface area contributed by atoms with Gasteiger partial charge in [-0.15, -0.1) is 0 Å². The maximum absolute atomic E-state index is 12.9. The lowest BCUT2D eigenvalue weighted by atomic mass is 10.0. The highest BCUT2D eigenvalue weighted by molar-refractivity contribution is 8.39. The largest absolute Gasteiger partial charge is 0.314 e. The van der Waals surface area contributed by atoms with Crippen molar-refractivity contribution in [2.24, 2.45) is 4.99 Å². The quantitative estimate of drug-likeness (QED) is 0.694. The van der Waals surface area contributed by atoms with Gasteiger partial charge in [-0.25, -0.2) is 0 Å². The molecule has 0 saturated heterocycles. The Kier molecular flexibility index (Phi) is 6.40. The van der Waals surface area contributed by atoms with Crippen LogP contribution >= 0.6 is 35.1 Å². The molecule has 0 spiro atoms. The molecule has 0 atom stereocenters. The van der Waals surface area contributed by atoms with Gasteiger partial charge >= 0.3 is 0 Å². The highest BCUT2D eigenvalue weighted by Gasteiger charge is 2.21. The number of thioether (sulfide) groups is 2. The number of rotatable bonds is 5. The van der Waals surface area contributed by atoms with Crippen molar-refractivity contribution in [2.75, 3.05) is 30.0 Å². The van der Waals surface area contributed by atoms with Crippen LogP contribution in [-0.2, 0) is 4.79 Å². The first-order valence-electron chi connectivity index (χ1n) is 8.02. The van der Waals surface area contributed by atoms with E-state index in [1.165, 1.54) is 16.7 Å². The minimum absolute atomic E-state index is 0.0883. The topological polar surface area (TPSA) is 49.7 Å². The van der Waals surface area contributed by atoms with Crippen molar-refractivity contribution in [2.45, 2.75) is 0 Å². The Labute approximate surface area is 166 Å². The number of benzene rings is 2. The third kappa shape index (κ3) is 4.50. The number of aliphatic imine (C=N–C) groups is 1. The molecule has 0 fully saturated rings. The molecule has 1 amide bonds. The fourth-order valence-corrected chi connectivity index (χ4v) is 4.58. The second-order valence-electron chi connectivity index (χ2n) is 5.59. The average molecular weight is 405 g/mol. The molecule has 0 aliphatic carbocycles. The van der Waals surface area contributed by atoms with Gasteiger partial charge in [0.05, 0.1) is 18.0 Å². The molecule has 0 radical (unpaired) electrons. The number of anilines is 1. The van der Waals surface area contributed by atoms with Crippen molar-refractivity contribution in [3.05, 3.63) is 64.7 Å². The Balaban J connectivity index is 1.82. The van der Waals surface area contributed by atoms with Crippen LogP contribution in [0.2, 0.25) is 5.02 Å². The summed E-state index contributed by atoms with van der Waals surface area (Å²) in [6.45, 7) is 0.809. The smallest absolute Gasteiger partial charge is 0.237 e. The summed E-state index contributed by atoms with van der Waals surface area (Å²) in [5.74, 6) is 1.00. The number of hydrogen-bond donors (Lipinski definition) is 0. The van der Waals surface area contributed by atoms with Gasteiger partial charge in [-0.05, 0) is 18.2 Å². The van der Waals surface area contributed by atoms with E-state index in [4.69, 9.17) is 11.6 Å². The summed E-state index contributed by atoms with van der Waals surface area (Å²) >= 11 is 9.21. The molecule has 1 aliphatic rings. The van der Waals surface area contributed by atoms with Gasteiger partial charge in [0.1, 0.15) is 4.38 Å². The minimum atomic E-state index is -0.161. The molecule has 1 aliphatic heterocycles. The van der Waals surface area contributed by atoms with Crippen molar-refractivity contribution in [1.82, 2.24) is 0 Å². The van der Waals surface area contributed by atoms with Crippen molar-refractivity contribution in [3.63, 3.8) is 0 Å². The van der Waals surface area contributed by atoms with Crippen LogP contribution in [0.25, 0.3) is 0 Å². The van der Waals surface area contributed by atoms with E-state index in [1.54, 1.807) is 49.1 Å². The summed E-state index contributed by atoms with van der Waals surface area (Å²) in [6.07, 6.45) is 0. The lowest BCUT2D eigenvalue weighted by Crippen LogP contribution is -2.29. The zero-order chi connectivity index (χ0) is 18.5. The number of carbonyl (C=O) groups excluding carboxylic acids is 2. The molecule has 1 heterocycles. The van der Waals surface area contributed by atoms with Gasteiger partial charge in [-0.1, -0.05) is 65.5 Å². The van der Waals surface area contributed by atoms with E-state index in [1.807, 2.05) is 18.2 Å². The molecule has 0 aromatic heterocycles. The zero-order valence-electron chi connectivity index (χ0n) is 14.1. The number of amides is 1. The summed E-state index contributed by atoms with van der Waals surface area (Å²) in [7, 11) is 1.68. The molecule has 4 nitrogen and oxygen atoms in total. The third-order valence-electron chi connectivity index (χ3n) is 3.85. The molecule has 7 heteroatoms. The predicted octanol–water partition coefficient (Wildman–Crippen LogP) is 4.37. The molecule has 26 heavy (non-hydrogen) atoms. The molecule has 0 bridgehead atoms. The van der Waals surface area contributed by atoms with Crippen molar-refractivity contribution < 1.29 is 9.59 Å². The predicted molar refractivity (Wildman–Crippen MR) is 112 cm³/mol. The van der Waals surface area contributed by atoms with E-state index in [0.29, 0.717) is 21.8 Å². The fourth-order valence-electron chi connectivity index (χ4n) is 2.49. The van der Waals surface area contributed by atoms with Crippen LogP contribution in [0.5, 0.6) is 0 Å². The summed E-state index contributed by atoms with van der Waals surface area (Å²) in [6, 6.07) is 14.0. The first kappa shape index (κ1) is 19.0. The standard InChI is InChI=1S/C19H17ClN2O2S2/c1-22(17(23)12-26-19-21-9-10-25-19)16-8-7-14(20)11-15(16)18(24)13-5-3-2-4-6-13/h2-8,11H,9-10,12H2,1H3. The number of halogens is 1. The van der Waals surface area contributed by atoms with E-state index in [9.17, 15) is 9.59 Å². The number of ketones is 1. The summed E-state index contributed by atoms with van der Waals surface area (Å²) in [5.41, 5.74) is 1.52. The van der Waals surface area contributed by atoms with Crippen LogP contribution in [-0.4, -0.2) is 41.2 Å². The average Bonchev–Trinajstić information content (AvgIpc) is 3.19. The van der Waals surface area contributed by atoms with Crippen LogP contribution < -0.4 is 4.90 Å². The summed E-state index contributed by atoms with van der Waals surface area (Å²) in [4.78, 5) is 31.3. The van der Waals surface area contributed by atoms with E-state index in [2.05, 4.69) is 4.99 Å². The van der Waals surface area contributed by atoms with Crippen molar-refractivity contribution in [3.8, 4) is 0 Å². The molecule has 0 N–H and O–H groups in total. The van der Waals surface area contributed by atoms with Gasteiger partial charge in [0.25, 0.3) is 0 Å².